The van der Waals surface area contributed by atoms with Crippen LogP contribution in [0.5, 0.6) is 0 Å². The molecule has 1 amide bonds. The van der Waals surface area contributed by atoms with Gasteiger partial charge >= 0.3 is 6.18 Å². The van der Waals surface area contributed by atoms with Crippen molar-refractivity contribution in [2.24, 2.45) is 5.73 Å². The van der Waals surface area contributed by atoms with Crippen LogP contribution in [0, 0.1) is 20.8 Å². The van der Waals surface area contributed by atoms with Crippen molar-refractivity contribution in [2.45, 2.75) is 32.5 Å². The normalized spacial score (nSPS) is 16.0. The number of carbonyl (C=O) groups excluding carboxylic acids is 1. The van der Waals surface area contributed by atoms with Crippen molar-refractivity contribution >= 4 is 23.2 Å². The highest BCUT2D eigenvalue weighted by Gasteiger charge is 2.60. The minimum atomic E-state index is -5.31. The molecule has 37 heavy (non-hydrogen) atoms. The Morgan fingerprint density at radius 3 is 2.22 bits per heavy atom. The van der Waals surface area contributed by atoms with Crippen molar-refractivity contribution in [3.8, 4) is 11.3 Å². The van der Waals surface area contributed by atoms with Crippen molar-refractivity contribution < 1.29 is 23.1 Å². The van der Waals surface area contributed by atoms with Gasteiger partial charge in [0.25, 0.3) is 11.5 Å². The molecule has 1 aliphatic heterocycles. The number of alkyl halides is 3. The molecule has 1 fully saturated rings. The highest BCUT2D eigenvalue weighted by Crippen LogP contribution is 2.40. The van der Waals surface area contributed by atoms with Gasteiger partial charge in [-0.15, -0.1) is 0 Å². The first kappa shape index (κ1) is 26.2. The van der Waals surface area contributed by atoms with E-state index in [0.29, 0.717) is 24.5 Å². The molecule has 0 saturated carbocycles. The lowest BCUT2D eigenvalue weighted by Crippen LogP contribution is -2.52. The van der Waals surface area contributed by atoms with Gasteiger partial charge in [0.15, 0.2) is 11.6 Å². The van der Waals surface area contributed by atoms with Crippen molar-refractivity contribution in [3.63, 3.8) is 0 Å². The third kappa shape index (κ3) is 4.78. The summed E-state index contributed by atoms with van der Waals surface area (Å²) in [5.74, 6) is -1.30. The third-order valence-corrected chi connectivity index (χ3v) is 6.76. The molecule has 196 valence electrons. The van der Waals surface area contributed by atoms with Crippen LogP contribution < -0.4 is 21.3 Å². The summed E-state index contributed by atoms with van der Waals surface area (Å²) in [7, 11) is 0. The Bertz CT molecular complexity index is 1340. The van der Waals surface area contributed by atoms with E-state index in [0.717, 1.165) is 25.2 Å². The molecular formula is C26H29F3N6O2. The zero-order chi connectivity index (χ0) is 27.1. The molecule has 2 aromatic carbocycles. The quantitative estimate of drug-likeness (QED) is 0.478. The Balaban J connectivity index is 1.65. The number of aryl methyl sites for hydroxylation is 3. The van der Waals surface area contributed by atoms with E-state index >= 15 is 0 Å². The summed E-state index contributed by atoms with van der Waals surface area (Å²) in [6.45, 7) is 8.48. The van der Waals surface area contributed by atoms with E-state index in [1.54, 1.807) is 6.92 Å². The number of halogens is 3. The summed E-state index contributed by atoms with van der Waals surface area (Å²) in [5.41, 5.74) is 11.2. The Morgan fingerprint density at radius 1 is 0.973 bits per heavy atom. The van der Waals surface area contributed by atoms with E-state index in [2.05, 4.69) is 46.9 Å². The minimum Gasteiger partial charge on any atom is -0.381 e. The number of hydrogen-bond donors (Lipinski definition) is 3. The number of anilines is 3. The Hall–Kier alpha value is -3.86. The monoisotopic (exact) mass is 514 g/mol. The molecule has 1 aromatic heterocycles. The number of benzene rings is 2. The van der Waals surface area contributed by atoms with Crippen LogP contribution in [0.25, 0.3) is 11.3 Å². The lowest BCUT2D eigenvalue weighted by molar-refractivity contribution is -0.255. The van der Waals surface area contributed by atoms with Crippen LogP contribution in [0.1, 0.15) is 22.3 Å². The minimum absolute atomic E-state index is 0.196. The van der Waals surface area contributed by atoms with Gasteiger partial charge in [-0.1, -0.05) is 24.3 Å². The molecule has 1 aliphatic rings. The lowest BCUT2D eigenvalue weighted by Gasteiger charge is -2.37. The van der Waals surface area contributed by atoms with Gasteiger partial charge in [-0.2, -0.15) is 13.2 Å². The predicted octanol–water partition coefficient (Wildman–Crippen LogP) is 3.21. The summed E-state index contributed by atoms with van der Waals surface area (Å²) in [4.78, 5) is 24.8. The predicted molar refractivity (Wildman–Crippen MR) is 136 cm³/mol. The molecule has 2 heterocycles. The molecule has 0 bridgehead atoms. The second-order valence-corrected chi connectivity index (χ2v) is 9.33. The molecular weight excluding hydrogens is 485 g/mol. The van der Waals surface area contributed by atoms with Gasteiger partial charge in [0, 0.05) is 43.0 Å². The number of amides is 1. The summed E-state index contributed by atoms with van der Waals surface area (Å²) in [6, 6.07) is 9.78. The molecule has 0 aliphatic carbocycles. The number of primary amides is 1. The number of nitrogens with two attached hydrogens (primary N) is 2. The van der Waals surface area contributed by atoms with Crippen molar-refractivity contribution in [3.05, 3.63) is 64.8 Å². The summed E-state index contributed by atoms with van der Waals surface area (Å²) >= 11 is 0. The topological polar surface area (TPSA) is 122 Å². The van der Waals surface area contributed by atoms with Crippen molar-refractivity contribution in [2.75, 3.05) is 41.7 Å². The van der Waals surface area contributed by atoms with Gasteiger partial charge in [0.05, 0.1) is 11.9 Å². The summed E-state index contributed by atoms with van der Waals surface area (Å²) in [5, 5.41) is 10.2. The molecule has 0 spiro atoms. The fourth-order valence-corrected chi connectivity index (χ4v) is 4.54. The zero-order valence-electron chi connectivity index (χ0n) is 20.8. The van der Waals surface area contributed by atoms with E-state index in [1.165, 1.54) is 29.1 Å². The van der Waals surface area contributed by atoms with E-state index in [1.807, 2.05) is 4.90 Å². The van der Waals surface area contributed by atoms with Crippen molar-refractivity contribution in [1.29, 1.82) is 0 Å². The van der Waals surface area contributed by atoms with E-state index < -0.39 is 23.2 Å². The average molecular weight is 515 g/mol. The fraction of sp³-hybridized carbons (Fsp3) is 0.346. The van der Waals surface area contributed by atoms with Gasteiger partial charge in [-0.3, -0.25) is 4.79 Å². The fourth-order valence-electron chi connectivity index (χ4n) is 4.54. The van der Waals surface area contributed by atoms with Crippen LogP contribution in [-0.4, -0.2) is 53.3 Å². The largest absolute Gasteiger partial charge is 0.430 e. The molecule has 0 radical (unpaired) electrons. The zero-order valence-corrected chi connectivity index (χ0v) is 20.8. The molecule has 1 atom stereocenters. The Kier molecular flexibility index (Phi) is 6.76. The first-order chi connectivity index (χ1) is 17.3. The number of nitrogen functional groups attached to an aromatic ring is 1. The molecule has 3 aromatic rings. The number of piperazine rings is 1. The van der Waals surface area contributed by atoms with E-state index in [9.17, 15) is 23.1 Å². The Labute approximate surface area is 212 Å². The first-order valence-electron chi connectivity index (χ1n) is 11.7. The number of carbonyl (C=O) groups is 1. The number of aromatic nitrogens is 2. The second kappa shape index (κ2) is 9.55. The van der Waals surface area contributed by atoms with Crippen LogP contribution in [0.3, 0.4) is 0 Å². The molecule has 11 heteroatoms. The van der Waals surface area contributed by atoms with E-state index in [4.69, 9.17) is 11.5 Å². The maximum Gasteiger partial charge on any atom is 0.430 e. The first-order valence-corrected chi connectivity index (χ1v) is 11.7. The van der Waals surface area contributed by atoms with E-state index in [-0.39, 0.29) is 17.1 Å². The molecule has 4 rings (SSSR count). The molecule has 5 N–H and O–H groups in total. The van der Waals surface area contributed by atoms with Gasteiger partial charge in [0.1, 0.15) is 0 Å². The number of aliphatic hydroxyl groups is 1. The molecule has 8 nitrogen and oxygen atoms in total. The standard InChI is InChI=1S/C26H29F3N6O2/c1-15-4-5-17(3)21(12-15)34-8-10-35(11-9-34)23-22(30)32-14-20(33-23)19-13-18(7-6-16(19)2)25(37,24(31)36)26(27,28)29/h4-7,12-14,37H,8-11H2,1-3H3,(H2,30,32)(H2,31,36). The smallest absolute Gasteiger partial charge is 0.381 e. The summed E-state index contributed by atoms with van der Waals surface area (Å²) in [6.07, 6.45) is -3.95. The SMILES string of the molecule is Cc1ccc(C)c(N2CCN(c3nc(-c4cc(C(O)(C(N)=O)C(F)(F)F)ccc4C)cnc3N)CC2)c1. The number of rotatable bonds is 5. The van der Waals surface area contributed by atoms with Gasteiger partial charge in [0.2, 0.25) is 0 Å². The number of hydrogen-bond acceptors (Lipinski definition) is 7. The van der Waals surface area contributed by atoms with Crippen LogP contribution >= 0.6 is 0 Å². The second-order valence-electron chi connectivity index (χ2n) is 9.33. The molecule has 1 saturated heterocycles. The summed E-state index contributed by atoms with van der Waals surface area (Å²) < 4.78 is 40.9. The molecule has 1 unspecified atom stereocenters. The third-order valence-electron chi connectivity index (χ3n) is 6.76. The average Bonchev–Trinajstić information content (AvgIpc) is 2.85. The Morgan fingerprint density at radius 2 is 1.59 bits per heavy atom. The van der Waals surface area contributed by atoms with Crippen LogP contribution in [0.4, 0.5) is 30.5 Å². The van der Waals surface area contributed by atoms with Crippen LogP contribution in [-0.2, 0) is 10.4 Å². The van der Waals surface area contributed by atoms with Gasteiger partial charge in [-0.25, -0.2) is 9.97 Å². The van der Waals surface area contributed by atoms with Gasteiger partial charge in [-0.05, 0) is 49.6 Å². The van der Waals surface area contributed by atoms with Gasteiger partial charge < -0.3 is 26.4 Å². The van der Waals surface area contributed by atoms with Crippen LogP contribution in [0.2, 0.25) is 0 Å². The maximum absolute atomic E-state index is 13.6. The van der Waals surface area contributed by atoms with Crippen molar-refractivity contribution in [1.82, 2.24) is 9.97 Å². The number of nitrogens with zero attached hydrogens (tertiary/aromatic N) is 4. The van der Waals surface area contributed by atoms with Crippen LogP contribution in [0.15, 0.2) is 42.6 Å². The highest BCUT2D eigenvalue weighted by atomic mass is 19.4. The maximum atomic E-state index is 13.6. The highest BCUT2D eigenvalue weighted by molar-refractivity contribution is 5.86. The lowest BCUT2D eigenvalue weighted by atomic mass is 9.89.